The zero-order valence-electron chi connectivity index (χ0n) is 10.00. The Balaban J connectivity index is 2.94. The molecule has 0 saturated carbocycles. The summed E-state index contributed by atoms with van der Waals surface area (Å²) in [6, 6.07) is 0.440. The van der Waals surface area contributed by atoms with Gasteiger partial charge in [-0.2, -0.15) is 0 Å². The van der Waals surface area contributed by atoms with Crippen LogP contribution in [0.4, 0.5) is 0 Å². The Labute approximate surface area is 90.2 Å². The van der Waals surface area contributed by atoms with E-state index in [-0.39, 0.29) is 0 Å². The van der Waals surface area contributed by atoms with Crippen LogP contribution in [0.3, 0.4) is 0 Å². The number of hydrogen-bond donors (Lipinski definition) is 0. The van der Waals surface area contributed by atoms with E-state index in [2.05, 4.69) is 42.2 Å². The minimum atomic E-state index is 0.440. The topological polar surface area (TPSA) is 30.7 Å². The van der Waals surface area contributed by atoms with Crippen LogP contribution in [0, 0.1) is 20.8 Å². The molecule has 0 aliphatic carbocycles. The maximum absolute atomic E-state index is 4.40. The molecule has 0 saturated heterocycles. The highest BCUT2D eigenvalue weighted by atomic mass is 15.1. The quantitative estimate of drug-likeness (QED) is 0.713. The molecule has 3 heteroatoms. The monoisotopic (exact) mass is 203 g/mol. The molecular weight excluding hydrogens is 186 g/mol. The van der Waals surface area contributed by atoms with Crippen LogP contribution in [0.15, 0.2) is 6.33 Å². The molecule has 80 valence electrons. The summed E-state index contributed by atoms with van der Waals surface area (Å²) in [5.74, 6) is 0. The van der Waals surface area contributed by atoms with E-state index in [1.165, 1.54) is 16.6 Å². The molecule has 0 spiro atoms. The lowest BCUT2D eigenvalue weighted by Crippen LogP contribution is -2.03. The average molecular weight is 203 g/mol. The molecule has 3 nitrogen and oxygen atoms in total. The lowest BCUT2D eigenvalue weighted by atomic mass is 10.2. The first-order chi connectivity index (χ1) is 7.04. The maximum atomic E-state index is 4.40. The summed E-state index contributed by atoms with van der Waals surface area (Å²) in [7, 11) is 0. The van der Waals surface area contributed by atoms with Gasteiger partial charge in [0.2, 0.25) is 0 Å². The first-order valence-electron chi connectivity index (χ1n) is 5.32. The Morgan fingerprint density at radius 2 is 1.80 bits per heavy atom. The van der Waals surface area contributed by atoms with Crippen LogP contribution < -0.4 is 0 Å². The summed E-state index contributed by atoms with van der Waals surface area (Å²) >= 11 is 0. The van der Waals surface area contributed by atoms with Crippen molar-refractivity contribution < 1.29 is 0 Å². The van der Waals surface area contributed by atoms with Crippen LogP contribution in [0.2, 0.25) is 0 Å². The van der Waals surface area contributed by atoms with Gasteiger partial charge in [0.05, 0.1) is 5.69 Å². The fourth-order valence-electron chi connectivity index (χ4n) is 2.24. The smallest absolute Gasteiger partial charge is 0.144 e. The Kier molecular flexibility index (Phi) is 2.25. The van der Waals surface area contributed by atoms with Crippen molar-refractivity contribution in [3.05, 3.63) is 23.3 Å². The summed E-state index contributed by atoms with van der Waals surface area (Å²) in [4.78, 5) is 8.65. The molecule has 0 unspecified atom stereocenters. The number of aryl methyl sites for hydroxylation is 2. The summed E-state index contributed by atoms with van der Waals surface area (Å²) in [6.45, 7) is 10.7. The molecule has 0 aliphatic rings. The molecule has 0 aliphatic heterocycles. The van der Waals surface area contributed by atoms with Gasteiger partial charge in [-0.15, -0.1) is 0 Å². The molecule has 0 N–H and O–H groups in total. The summed E-state index contributed by atoms with van der Waals surface area (Å²) in [6.07, 6.45) is 1.65. The molecular formula is C12H17N3. The van der Waals surface area contributed by atoms with E-state index in [1.54, 1.807) is 6.33 Å². The van der Waals surface area contributed by atoms with Crippen molar-refractivity contribution >= 4 is 11.0 Å². The lowest BCUT2D eigenvalue weighted by molar-refractivity contribution is 0.601. The van der Waals surface area contributed by atoms with Gasteiger partial charge in [-0.1, -0.05) is 0 Å². The molecule has 0 aromatic carbocycles. The number of nitrogens with zero attached hydrogens (tertiary/aromatic N) is 3. The van der Waals surface area contributed by atoms with Crippen molar-refractivity contribution in [2.45, 2.75) is 40.7 Å². The van der Waals surface area contributed by atoms with E-state index in [4.69, 9.17) is 0 Å². The standard InChI is InChI=1S/C12H17N3/c1-7(2)15-10(5)8(3)11-9(4)13-6-14-12(11)15/h6-7H,1-5H3. The first kappa shape index (κ1) is 10.1. The predicted molar refractivity (Wildman–Crippen MR) is 62.1 cm³/mol. The van der Waals surface area contributed by atoms with Crippen LogP contribution in [0.5, 0.6) is 0 Å². The third-order valence-corrected chi connectivity index (χ3v) is 3.04. The lowest BCUT2D eigenvalue weighted by Gasteiger charge is -2.11. The second-order valence-electron chi connectivity index (χ2n) is 4.33. The summed E-state index contributed by atoms with van der Waals surface area (Å²) in [5, 5.41) is 1.21. The van der Waals surface area contributed by atoms with Crippen LogP contribution in [0.1, 0.15) is 36.8 Å². The van der Waals surface area contributed by atoms with Crippen LogP contribution in [-0.4, -0.2) is 14.5 Å². The normalized spacial score (nSPS) is 11.6. The average Bonchev–Trinajstić information content (AvgIpc) is 2.41. The first-order valence-corrected chi connectivity index (χ1v) is 5.32. The molecule has 0 amide bonds. The molecule has 2 heterocycles. The highest BCUT2D eigenvalue weighted by molar-refractivity contribution is 5.84. The second kappa shape index (κ2) is 3.33. The van der Waals surface area contributed by atoms with Gasteiger partial charge in [0.1, 0.15) is 12.0 Å². The van der Waals surface area contributed by atoms with Crippen molar-refractivity contribution in [3.8, 4) is 0 Å². The Bertz CT molecular complexity index is 509. The highest BCUT2D eigenvalue weighted by Gasteiger charge is 2.15. The van der Waals surface area contributed by atoms with Crippen molar-refractivity contribution in [2.24, 2.45) is 0 Å². The SMILES string of the molecule is Cc1ncnc2c1c(C)c(C)n2C(C)C. The predicted octanol–water partition coefficient (Wildman–Crippen LogP) is 2.94. The Morgan fingerprint density at radius 3 is 2.40 bits per heavy atom. The van der Waals surface area contributed by atoms with E-state index >= 15 is 0 Å². The van der Waals surface area contributed by atoms with Crippen LogP contribution >= 0.6 is 0 Å². The largest absolute Gasteiger partial charge is 0.327 e. The Morgan fingerprint density at radius 1 is 1.13 bits per heavy atom. The number of fused-ring (bicyclic) bond motifs is 1. The third kappa shape index (κ3) is 1.34. The van der Waals surface area contributed by atoms with E-state index in [1.807, 2.05) is 6.92 Å². The molecule has 2 rings (SSSR count). The van der Waals surface area contributed by atoms with Gasteiger partial charge in [0.15, 0.2) is 0 Å². The molecule has 0 bridgehead atoms. The molecule has 2 aromatic rings. The highest BCUT2D eigenvalue weighted by Crippen LogP contribution is 2.27. The Hall–Kier alpha value is -1.38. The third-order valence-electron chi connectivity index (χ3n) is 3.04. The van der Waals surface area contributed by atoms with Gasteiger partial charge in [0.25, 0.3) is 0 Å². The van der Waals surface area contributed by atoms with Gasteiger partial charge in [0, 0.05) is 17.1 Å². The van der Waals surface area contributed by atoms with Gasteiger partial charge in [-0.05, 0) is 40.2 Å². The molecule has 0 fully saturated rings. The van der Waals surface area contributed by atoms with Crippen molar-refractivity contribution in [1.29, 1.82) is 0 Å². The van der Waals surface area contributed by atoms with E-state index in [0.29, 0.717) is 6.04 Å². The second-order valence-corrected chi connectivity index (χ2v) is 4.33. The minimum Gasteiger partial charge on any atom is -0.327 e. The zero-order valence-corrected chi connectivity index (χ0v) is 10.00. The van der Waals surface area contributed by atoms with E-state index in [9.17, 15) is 0 Å². The van der Waals surface area contributed by atoms with Gasteiger partial charge < -0.3 is 4.57 Å². The minimum absolute atomic E-state index is 0.440. The van der Waals surface area contributed by atoms with Gasteiger partial charge in [-0.3, -0.25) is 0 Å². The molecule has 2 aromatic heterocycles. The number of rotatable bonds is 1. The maximum Gasteiger partial charge on any atom is 0.144 e. The number of aromatic nitrogens is 3. The van der Waals surface area contributed by atoms with E-state index < -0.39 is 0 Å². The van der Waals surface area contributed by atoms with Crippen LogP contribution in [-0.2, 0) is 0 Å². The summed E-state index contributed by atoms with van der Waals surface area (Å²) in [5.41, 5.74) is 4.73. The van der Waals surface area contributed by atoms with Crippen molar-refractivity contribution in [1.82, 2.24) is 14.5 Å². The van der Waals surface area contributed by atoms with Crippen molar-refractivity contribution in [2.75, 3.05) is 0 Å². The van der Waals surface area contributed by atoms with Crippen molar-refractivity contribution in [3.63, 3.8) is 0 Å². The molecule has 0 radical (unpaired) electrons. The fourth-order valence-corrected chi connectivity index (χ4v) is 2.24. The molecule has 15 heavy (non-hydrogen) atoms. The van der Waals surface area contributed by atoms with Crippen LogP contribution in [0.25, 0.3) is 11.0 Å². The number of hydrogen-bond acceptors (Lipinski definition) is 2. The zero-order chi connectivity index (χ0) is 11.2. The molecule has 0 atom stereocenters. The fraction of sp³-hybridized carbons (Fsp3) is 0.500. The van der Waals surface area contributed by atoms with Gasteiger partial charge in [-0.25, -0.2) is 9.97 Å². The van der Waals surface area contributed by atoms with Gasteiger partial charge >= 0.3 is 0 Å². The van der Waals surface area contributed by atoms with E-state index in [0.717, 1.165) is 11.3 Å². The summed E-state index contributed by atoms with van der Waals surface area (Å²) < 4.78 is 2.28.